The average molecular weight is 281 g/mol. The monoisotopic (exact) mass is 281 g/mol. The molecule has 0 aromatic heterocycles. The Labute approximate surface area is 126 Å². The fourth-order valence-corrected chi connectivity index (χ4v) is 3.50. The summed E-state index contributed by atoms with van der Waals surface area (Å²) in [6.07, 6.45) is 3.54. The second-order valence-electron chi connectivity index (χ2n) is 6.10. The number of ether oxygens (including phenoxy) is 1. The van der Waals surface area contributed by atoms with Gasteiger partial charge in [0.1, 0.15) is 5.75 Å². The van der Waals surface area contributed by atoms with Crippen molar-refractivity contribution in [1.82, 2.24) is 0 Å². The van der Waals surface area contributed by atoms with Gasteiger partial charge < -0.3 is 10.5 Å². The molecule has 1 atom stereocenters. The molecule has 1 unspecified atom stereocenters. The van der Waals surface area contributed by atoms with Gasteiger partial charge in [0.25, 0.3) is 0 Å². The summed E-state index contributed by atoms with van der Waals surface area (Å²) in [5.74, 6) is 0.898. The van der Waals surface area contributed by atoms with E-state index in [2.05, 4.69) is 49.4 Å². The third-order valence-electron chi connectivity index (χ3n) is 4.91. The van der Waals surface area contributed by atoms with Gasteiger partial charge in [0.05, 0.1) is 7.11 Å². The minimum Gasteiger partial charge on any atom is -0.496 e. The van der Waals surface area contributed by atoms with Gasteiger partial charge in [0.15, 0.2) is 0 Å². The molecule has 110 valence electrons. The molecule has 3 rings (SSSR count). The molecule has 1 aliphatic rings. The lowest BCUT2D eigenvalue weighted by atomic mass is 9.59. The first-order valence-corrected chi connectivity index (χ1v) is 7.63. The molecule has 0 bridgehead atoms. The minimum absolute atomic E-state index is 0.0245. The van der Waals surface area contributed by atoms with Crippen molar-refractivity contribution in [2.24, 2.45) is 5.73 Å². The molecule has 2 heteroatoms. The SMILES string of the molecule is COc1ccc(C)cc1C(N)C1(c2ccccc2)CCC1. The van der Waals surface area contributed by atoms with Crippen molar-refractivity contribution in [2.75, 3.05) is 7.11 Å². The Morgan fingerprint density at radius 1 is 1.10 bits per heavy atom. The fourth-order valence-electron chi connectivity index (χ4n) is 3.50. The third-order valence-corrected chi connectivity index (χ3v) is 4.91. The van der Waals surface area contributed by atoms with E-state index >= 15 is 0 Å². The molecule has 2 aromatic carbocycles. The fraction of sp³-hybridized carbons (Fsp3) is 0.368. The van der Waals surface area contributed by atoms with Crippen LogP contribution < -0.4 is 10.5 Å². The number of nitrogens with two attached hydrogens (primary N) is 1. The predicted octanol–water partition coefficient (Wildman–Crippen LogP) is 4.13. The van der Waals surface area contributed by atoms with Gasteiger partial charge in [-0.25, -0.2) is 0 Å². The third kappa shape index (κ3) is 2.34. The summed E-state index contributed by atoms with van der Waals surface area (Å²) >= 11 is 0. The van der Waals surface area contributed by atoms with Gasteiger partial charge in [-0.15, -0.1) is 0 Å². The maximum absolute atomic E-state index is 6.73. The van der Waals surface area contributed by atoms with Crippen molar-refractivity contribution in [3.63, 3.8) is 0 Å². The number of benzene rings is 2. The summed E-state index contributed by atoms with van der Waals surface area (Å²) < 4.78 is 5.54. The van der Waals surface area contributed by atoms with Crippen LogP contribution in [0.1, 0.15) is 42.0 Å². The van der Waals surface area contributed by atoms with E-state index in [9.17, 15) is 0 Å². The van der Waals surface area contributed by atoms with Crippen molar-refractivity contribution in [2.45, 2.75) is 37.6 Å². The van der Waals surface area contributed by atoms with Crippen LogP contribution in [0.3, 0.4) is 0 Å². The van der Waals surface area contributed by atoms with Gasteiger partial charge >= 0.3 is 0 Å². The van der Waals surface area contributed by atoms with Crippen LogP contribution in [0.2, 0.25) is 0 Å². The summed E-state index contributed by atoms with van der Waals surface area (Å²) in [6, 6.07) is 16.9. The number of aryl methyl sites for hydroxylation is 1. The Kier molecular flexibility index (Phi) is 3.73. The zero-order valence-electron chi connectivity index (χ0n) is 12.8. The number of hydrogen-bond donors (Lipinski definition) is 1. The highest BCUT2D eigenvalue weighted by Crippen LogP contribution is 2.52. The average Bonchev–Trinajstić information content (AvgIpc) is 2.47. The number of hydrogen-bond acceptors (Lipinski definition) is 2. The molecule has 0 heterocycles. The Balaban J connectivity index is 2.04. The molecular weight excluding hydrogens is 258 g/mol. The largest absolute Gasteiger partial charge is 0.496 e. The Hall–Kier alpha value is -1.80. The van der Waals surface area contributed by atoms with Gasteiger partial charge in [0.2, 0.25) is 0 Å². The van der Waals surface area contributed by atoms with Crippen LogP contribution >= 0.6 is 0 Å². The van der Waals surface area contributed by atoms with Crippen molar-refractivity contribution in [1.29, 1.82) is 0 Å². The van der Waals surface area contributed by atoms with E-state index in [1.807, 2.05) is 6.07 Å². The number of rotatable bonds is 4. The summed E-state index contributed by atoms with van der Waals surface area (Å²) in [7, 11) is 1.72. The zero-order chi connectivity index (χ0) is 14.9. The summed E-state index contributed by atoms with van der Waals surface area (Å²) in [6.45, 7) is 2.10. The molecule has 2 nitrogen and oxygen atoms in total. The highest BCUT2D eigenvalue weighted by atomic mass is 16.5. The molecule has 0 saturated heterocycles. The lowest BCUT2D eigenvalue weighted by molar-refractivity contribution is 0.193. The highest BCUT2D eigenvalue weighted by Gasteiger charge is 2.45. The lowest BCUT2D eigenvalue weighted by Gasteiger charge is -2.47. The first-order chi connectivity index (χ1) is 10.2. The minimum atomic E-state index is -0.0245. The van der Waals surface area contributed by atoms with E-state index < -0.39 is 0 Å². The second kappa shape index (κ2) is 5.53. The van der Waals surface area contributed by atoms with Crippen molar-refractivity contribution in [3.05, 3.63) is 65.2 Å². The van der Waals surface area contributed by atoms with Crippen LogP contribution in [0.4, 0.5) is 0 Å². The first-order valence-electron chi connectivity index (χ1n) is 7.63. The Morgan fingerprint density at radius 3 is 2.38 bits per heavy atom. The maximum Gasteiger partial charge on any atom is 0.123 e. The summed E-state index contributed by atoms with van der Waals surface area (Å²) in [5, 5.41) is 0. The molecule has 0 spiro atoms. The van der Waals surface area contributed by atoms with Gasteiger partial charge in [-0.2, -0.15) is 0 Å². The van der Waals surface area contributed by atoms with Crippen LogP contribution in [0.15, 0.2) is 48.5 Å². The molecule has 1 aliphatic carbocycles. The van der Waals surface area contributed by atoms with E-state index in [4.69, 9.17) is 10.5 Å². The standard InChI is InChI=1S/C19H23NO/c1-14-9-10-17(21-2)16(13-14)18(20)19(11-6-12-19)15-7-4-3-5-8-15/h3-5,7-10,13,18H,6,11-12,20H2,1-2H3. The van der Waals surface area contributed by atoms with E-state index in [0.717, 1.165) is 24.2 Å². The van der Waals surface area contributed by atoms with Crippen molar-refractivity contribution in [3.8, 4) is 5.75 Å². The highest BCUT2D eigenvalue weighted by molar-refractivity contribution is 5.44. The molecule has 21 heavy (non-hydrogen) atoms. The molecule has 0 aliphatic heterocycles. The van der Waals surface area contributed by atoms with E-state index in [-0.39, 0.29) is 11.5 Å². The van der Waals surface area contributed by atoms with E-state index in [1.165, 1.54) is 17.5 Å². The smallest absolute Gasteiger partial charge is 0.123 e. The first kappa shape index (κ1) is 14.2. The van der Waals surface area contributed by atoms with Crippen LogP contribution in [0.5, 0.6) is 5.75 Å². The summed E-state index contributed by atoms with van der Waals surface area (Å²) in [4.78, 5) is 0. The predicted molar refractivity (Wildman–Crippen MR) is 86.6 cm³/mol. The van der Waals surface area contributed by atoms with Crippen LogP contribution in [-0.2, 0) is 5.41 Å². The van der Waals surface area contributed by atoms with Gasteiger partial charge in [-0.3, -0.25) is 0 Å². The van der Waals surface area contributed by atoms with Gasteiger partial charge in [-0.05, 0) is 31.4 Å². The maximum atomic E-state index is 6.73. The van der Waals surface area contributed by atoms with Crippen molar-refractivity contribution < 1.29 is 4.74 Å². The van der Waals surface area contributed by atoms with E-state index in [1.54, 1.807) is 7.11 Å². The van der Waals surface area contributed by atoms with E-state index in [0.29, 0.717) is 0 Å². The van der Waals surface area contributed by atoms with Crippen LogP contribution in [0.25, 0.3) is 0 Å². The molecule has 2 aromatic rings. The van der Waals surface area contributed by atoms with Crippen LogP contribution in [0, 0.1) is 6.92 Å². The quantitative estimate of drug-likeness (QED) is 0.914. The molecule has 2 N–H and O–H groups in total. The van der Waals surface area contributed by atoms with Crippen LogP contribution in [-0.4, -0.2) is 7.11 Å². The van der Waals surface area contributed by atoms with Gasteiger partial charge in [0, 0.05) is 17.0 Å². The zero-order valence-corrected chi connectivity index (χ0v) is 12.8. The number of methoxy groups -OCH3 is 1. The molecule has 1 fully saturated rings. The summed E-state index contributed by atoms with van der Waals surface area (Å²) in [5.41, 5.74) is 10.5. The van der Waals surface area contributed by atoms with Crippen molar-refractivity contribution >= 4 is 0 Å². The molecule has 1 saturated carbocycles. The lowest BCUT2D eigenvalue weighted by Crippen LogP contribution is -2.44. The Bertz CT molecular complexity index is 617. The molecule has 0 radical (unpaired) electrons. The molecule has 0 amide bonds. The normalized spacial score (nSPS) is 17.9. The second-order valence-corrected chi connectivity index (χ2v) is 6.10. The molecular formula is C19H23NO. The topological polar surface area (TPSA) is 35.2 Å². The Morgan fingerprint density at radius 2 is 1.81 bits per heavy atom. The van der Waals surface area contributed by atoms with Gasteiger partial charge in [-0.1, -0.05) is 54.4 Å².